The summed E-state index contributed by atoms with van der Waals surface area (Å²) in [5, 5.41) is 11.4. The molecule has 0 aromatic carbocycles. The highest BCUT2D eigenvalue weighted by Gasteiger charge is 2.22. The molecule has 1 aliphatic rings. The Morgan fingerprint density at radius 2 is 2.46 bits per heavy atom. The molecule has 0 aromatic rings. The first-order chi connectivity index (χ1) is 6.24. The van der Waals surface area contributed by atoms with Gasteiger partial charge in [0.05, 0.1) is 6.54 Å². The Bertz CT molecular complexity index is 173. The van der Waals surface area contributed by atoms with E-state index >= 15 is 0 Å². The van der Waals surface area contributed by atoms with Crippen molar-refractivity contribution in [3.8, 4) is 0 Å². The topological polar surface area (TPSA) is 52.6 Å². The van der Waals surface area contributed by atoms with Crippen LogP contribution in [0.15, 0.2) is 0 Å². The largest absolute Gasteiger partial charge is 0.480 e. The van der Waals surface area contributed by atoms with Crippen LogP contribution in [0.2, 0.25) is 0 Å². The summed E-state index contributed by atoms with van der Waals surface area (Å²) >= 11 is 0. The van der Waals surface area contributed by atoms with Gasteiger partial charge in [-0.3, -0.25) is 9.69 Å². The molecular formula is C9H18N2O2. The van der Waals surface area contributed by atoms with E-state index in [9.17, 15) is 4.79 Å². The normalized spacial score (nSPS) is 23.6. The highest BCUT2D eigenvalue weighted by molar-refractivity contribution is 5.68. The van der Waals surface area contributed by atoms with Crippen LogP contribution in [0.25, 0.3) is 0 Å². The molecule has 1 aliphatic heterocycles. The van der Waals surface area contributed by atoms with Gasteiger partial charge in [0.25, 0.3) is 0 Å². The molecule has 0 radical (unpaired) electrons. The number of aliphatic carboxylic acids is 1. The molecule has 4 nitrogen and oxygen atoms in total. The molecule has 0 aliphatic carbocycles. The Balaban J connectivity index is 2.16. The fourth-order valence-electron chi connectivity index (χ4n) is 1.89. The molecule has 1 saturated heterocycles. The average Bonchev–Trinajstić information content (AvgIpc) is 2.51. The standard InChI is InChI=1S/C9H18N2O2/c1-2-11-5-3-4-8(11)6-10-7-9(12)13/h8,10H,2-7H2,1H3,(H,12,13). The van der Waals surface area contributed by atoms with Crippen molar-refractivity contribution in [3.05, 3.63) is 0 Å². The van der Waals surface area contributed by atoms with Crippen molar-refractivity contribution in [2.75, 3.05) is 26.2 Å². The molecule has 13 heavy (non-hydrogen) atoms. The zero-order valence-electron chi connectivity index (χ0n) is 8.12. The zero-order chi connectivity index (χ0) is 9.68. The Morgan fingerprint density at radius 3 is 3.08 bits per heavy atom. The van der Waals surface area contributed by atoms with Crippen LogP contribution in [0.5, 0.6) is 0 Å². The summed E-state index contributed by atoms with van der Waals surface area (Å²) in [6.45, 7) is 5.26. The summed E-state index contributed by atoms with van der Waals surface area (Å²) in [5.41, 5.74) is 0. The minimum Gasteiger partial charge on any atom is -0.480 e. The second-order valence-electron chi connectivity index (χ2n) is 3.45. The van der Waals surface area contributed by atoms with Gasteiger partial charge in [-0.05, 0) is 25.9 Å². The smallest absolute Gasteiger partial charge is 0.317 e. The average molecular weight is 186 g/mol. The Kier molecular flexibility index (Phi) is 4.18. The van der Waals surface area contributed by atoms with E-state index in [2.05, 4.69) is 17.1 Å². The molecular weight excluding hydrogens is 168 g/mol. The molecule has 1 rings (SSSR count). The molecule has 1 atom stereocenters. The number of rotatable bonds is 5. The van der Waals surface area contributed by atoms with Gasteiger partial charge < -0.3 is 10.4 Å². The SMILES string of the molecule is CCN1CCCC1CNCC(=O)O. The summed E-state index contributed by atoms with van der Waals surface area (Å²) in [5.74, 6) is -0.777. The number of carboxylic acids is 1. The number of hydrogen-bond acceptors (Lipinski definition) is 3. The predicted octanol–water partition coefficient (Wildman–Crippen LogP) is 0.145. The highest BCUT2D eigenvalue weighted by Crippen LogP contribution is 2.15. The fraction of sp³-hybridized carbons (Fsp3) is 0.889. The monoisotopic (exact) mass is 186 g/mol. The zero-order valence-corrected chi connectivity index (χ0v) is 8.12. The van der Waals surface area contributed by atoms with E-state index in [0.717, 1.165) is 19.6 Å². The van der Waals surface area contributed by atoms with Crippen LogP contribution in [-0.4, -0.2) is 48.2 Å². The summed E-state index contributed by atoms with van der Waals surface area (Å²) < 4.78 is 0. The maximum atomic E-state index is 10.2. The number of nitrogens with one attached hydrogen (secondary N) is 1. The molecule has 0 spiro atoms. The minimum atomic E-state index is -0.777. The molecule has 4 heteroatoms. The van der Waals surface area contributed by atoms with Crippen LogP contribution in [-0.2, 0) is 4.79 Å². The Labute approximate surface area is 78.9 Å². The van der Waals surface area contributed by atoms with Crippen LogP contribution in [0.1, 0.15) is 19.8 Å². The second-order valence-corrected chi connectivity index (χ2v) is 3.45. The number of likely N-dealkylation sites (tertiary alicyclic amines) is 1. The Morgan fingerprint density at radius 1 is 1.69 bits per heavy atom. The van der Waals surface area contributed by atoms with Crippen LogP contribution in [0.3, 0.4) is 0 Å². The number of carboxylic acid groups (broad SMARTS) is 1. The number of likely N-dealkylation sites (N-methyl/N-ethyl adjacent to an activating group) is 1. The third kappa shape index (κ3) is 3.32. The first-order valence-corrected chi connectivity index (χ1v) is 4.90. The quantitative estimate of drug-likeness (QED) is 0.641. The molecule has 0 saturated carbocycles. The highest BCUT2D eigenvalue weighted by atomic mass is 16.4. The van der Waals surface area contributed by atoms with E-state index in [4.69, 9.17) is 5.11 Å². The van der Waals surface area contributed by atoms with Gasteiger partial charge >= 0.3 is 5.97 Å². The van der Waals surface area contributed by atoms with Gasteiger partial charge in [0.1, 0.15) is 0 Å². The van der Waals surface area contributed by atoms with Crippen LogP contribution in [0.4, 0.5) is 0 Å². The first-order valence-electron chi connectivity index (χ1n) is 4.90. The molecule has 0 bridgehead atoms. The van der Waals surface area contributed by atoms with Crippen molar-refractivity contribution in [2.45, 2.75) is 25.8 Å². The van der Waals surface area contributed by atoms with Gasteiger partial charge in [-0.1, -0.05) is 6.92 Å². The van der Waals surface area contributed by atoms with Crippen LogP contribution in [0, 0.1) is 0 Å². The number of carbonyl (C=O) groups is 1. The third-order valence-corrected chi connectivity index (χ3v) is 2.56. The van der Waals surface area contributed by atoms with Crippen molar-refractivity contribution in [1.29, 1.82) is 0 Å². The van der Waals surface area contributed by atoms with Crippen molar-refractivity contribution in [2.24, 2.45) is 0 Å². The summed E-state index contributed by atoms with van der Waals surface area (Å²) in [7, 11) is 0. The molecule has 76 valence electrons. The van der Waals surface area contributed by atoms with Crippen molar-refractivity contribution in [1.82, 2.24) is 10.2 Å². The second kappa shape index (κ2) is 5.19. The summed E-state index contributed by atoms with van der Waals surface area (Å²) in [4.78, 5) is 12.6. The van der Waals surface area contributed by atoms with E-state index in [1.54, 1.807) is 0 Å². The van der Waals surface area contributed by atoms with E-state index in [1.165, 1.54) is 12.8 Å². The van der Waals surface area contributed by atoms with Gasteiger partial charge in [0, 0.05) is 12.6 Å². The summed E-state index contributed by atoms with van der Waals surface area (Å²) in [6, 6.07) is 0.546. The molecule has 2 N–H and O–H groups in total. The van der Waals surface area contributed by atoms with Gasteiger partial charge in [-0.25, -0.2) is 0 Å². The van der Waals surface area contributed by atoms with Crippen molar-refractivity contribution in [3.63, 3.8) is 0 Å². The number of hydrogen-bond donors (Lipinski definition) is 2. The number of nitrogens with zero attached hydrogens (tertiary/aromatic N) is 1. The lowest BCUT2D eigenvalue weighted by atomic mass is 10.2. The van der Waals surface area contributed by atoms with E-state index in [-0.39, 0.29) is 6.54 Å². The van der Waals surface area contributed by atoms with E-state index in [0.29, 0.717) is 6.04 Å². The lowest BCUT2D eigenvalue weighted by Gasteiger charge is -2.22. The van der Waals surface area contributed by atoms with Crippen molar-refractivity contribution < 1.29 is 9.90 Å². The van der Waals surface area contributed by atoms with Crippen LogP contribution >= 0.6 is 0 Å². The van der Waals surface area contributed by atoms with Crippen molar-refractivity contribution >= 4 is 5.97 Å². The minimum absolute atomic E-state index is 0.0774. The van der Waals surface area contributed by atoms with Gasteiger partial charge in [-0.15, -0.1) is 0 Å². The van der Waals surface area contributed by atoms with Gasteiger partial charge in [0.2, 0.25) is 0 Å². The van der Waals surface area contributed by atoms with E-state index < -0.39 is 5.97 Å². The maximum Gasteiger partial charge on any atom is 0.317 e. The predicted molar refractivity (Wildman–Crippen MR) is 50.8 cm³/mol. The Hall–Kier alpha value is -0.610. The lowest BCUT2D eigenvalue weighted by molar-refractivity contribution is -0.136. The van der Waals surface area contributed by atoms with Crippen LogP contribution < -0.4 is 5.32 Å². The maximum absolute atomic E-state index is 10.2. The molecule has 0 amide bonds. The molecule has 1 fully saturated rings. The summed E-state index contributed by atoms with van der Waals surface area (Å²) in [6.07, 6.45) is 2.44. The fourth-order valence-corrected chi connectivity index (χ4v) is 1.89. The lowest BCUT2D eigenvalue weighted by Crippen LogP contribution is -2.39. The molecule has 0 aromatic heterocycles. The van der Waals surface area contributed by atoms with Gasteiger partial charge in [-0.2, -0.15) is 0 Å². The first kappa shape index (κ1) is 10.5. The van der Waals surface area contributed by atoms with Gasteiger partial charge in [0.15, 0.2) is 0 Å². The third-order valence-electron chi connectivity index (χ3n) is 2.56. The van der Waals surface area contributed by atoms with E-state index in [1.807, 2.05) is 0 Å². The molecule has 1 heterocycles. The molecule has 1 unspecified atom stereocenters.